The smallest absolute Gasteiger partial charge is 0.319 e. The van der Waals surface area contributed by atoms with Crippen LogP contribution < -0.4 is 5.32 Å². The molecule has 1 aromatic carbocycles. The van der Waals surface area contributed by atoms with Gasteiger partial charge in [-0.3, -0.25) is 9.36 Å². The summed E-state index contributed by atoms with van der Waals surface area (Å²) in [6.45, 7) is -0.238. The summed E-state index contributed by atoms with van der Waals surface area (Å²) in [5.74, 6) is -0.306. The highest BCUT2D eigenvalue weighted by Gasteiger charge is 2.31. The van der Waals surface area contributed by atoms with Crippen molar-refractivity contribution in [3.8, 4) is 0 Å². The van der Waals surface area contributed by atoms with Gasteiger partial charge in [0.25, 0.3) is 5.91 Å². The molecule has 0 aliphatic carbocycles. The molecule has 1 fully saturated rings. The molecule has 1 aliphatic heterocycles. The highest BCUT2D eigenvalue weighted by Crippen LogP contribution is 2.25. The number of halogens is 2. The number of nitrogens with one attached hydrogen (secondary N) is 1. The van der Waals surface area contributed by atoms with E-state index in [0.717, 1.165) is 23.8 Å². The first-order valence-electron chi connectivity index (χ1n) is 9.50. The van der Waals surface area contributed by atoms with Crippen molar-refractivity contribution in [3.05, 3.63) is 48.0 Å². The number of sulfonamides is 1. The topological polar surface area (TPSA) is 84.3 Å². The van der Waals surface area contributed by atoms with Crippen LogP contribution in [0, 0.1) is 0 Å². The molecule has 2 aromatic rings. The van der Waals surface area contributed by atoms with Crippen molar-refractivity contribution >= 4 is 15.9 Å². The highest BCUT2D eigenvalue weighted by atomic mass is 32.2. The van der Waals surface area contributed by atoms with E-state index in [4.69, 9.17) is 0 Å². The quantitative estimate of drug-likeness (QED) is 0.738. The number of imidazole rings is 1. The third-order valence-corrected chi connectivity index (χ3v) is 7.05. The van der Waals surface area contributed by atoms with Gasteiger partial charge < -0.3 is 5.32 Å². The Balaban J connectivity index is 1.67. The highest BCUT2D eigenvalue weighted by molar-refractivity contribution is 7.89. The van der Waals surface area contributed by atoms with Crippen LogP contribution in [0.15, 0.2) is 41.6 Å². The molecule has 29 heavy (non-hydrogen) atoms. The number of benzene rings is 1. The minimum absolute atomic E-state index is 0.0761. The van der Waals surface area contributed by atoms with Crippen LogP contribution in [0.4, 0.5) is 8.78 Å². The predicted octanol–water partition coefficient (Wildman–Crippen LogP) is 2.81. The third-order valence-electron chi connectivity index (χ3n) is 5.04. The first-order chi connectivity index (χ1) is 13.8. The molecule has 158 valence electrons. The van der Waals surface area contributed by atoms with Gasteiger partial charge in [0.15, 0.2) is 0 Å². The van der Waals surface area contributed by atoms with Crippen molar-refractivity contribution in [3.63, 3.8) is 0 Å². The number of hydrogen-bond acceptors (Lipinski definition) is 4. The fraction of sp³-hybridized carbons (Fsp3) is 0.474. The molecule has 1 saturated heterocycles. The number of aromatic nitrogens is 2. The van der Waals surface area contributed by atoms with E-state index in [-0.39, 0.29) is 35.3 Å². The molecule has 1 aliphatic rings. The Morgan fingerprint density at radius 1 is 1.34 bits per heavy atom. The summed E-state index contributed by atoms with van der Waals surface area (Å²) in [5, 5.41) is 2.62. The average Bonchev–Trinajstić information content (AvgIpc) is 3.17. The SMILES string of the molecule is CC1CCCCN1S(=O)(=O)c1cccc(C(=O)NCCc2nccn2C(F)F)c1. The molecule has 0 spiro atoms. The largest absolute Gasteiger partial charge is 0.352 e. The van der Waals surface area contributed by atoms with Crippen molar-refractivity contribution in [2.45, 2.75) is 50.1 Å². The van der Waals surface area contributed by atoms with Gasteiger partial charge in [-0.1, -0.05) is 12.5 Å². The zero-order chi connectivity index (χ0) is 21.0. The van der Waals surface area contributed by atoms with E-state index in [0.29, 0.717) is 6.54 Å². The Morgan fingerprint density at radius 3 is 2.86 bits per heavy atom. The second-order valence-electron chi connectivity index (χ2n) is 7.02. The van der Waals surface area contributed by atoms with Gasteiger partial charge >= 0.3 is 6.55 Å². The molecular formula is C19H24F2N4O3S. The van der Waals surface area contributed by atoms with Crippen LogP contribution in [0.1, 0.15) is 48.9 Å². The Bertz CT molecular complexity index is 962. The van der Waals surface area contributed by atoms with E-state index >= 15 is 0 Å². The van der Waals surface area contributed by atoms with Gasteiger partial charge in [-0.25, -0.2) is 13.4 Å². The molecular weight excluding hydrogens is 402 g/mol. The third kappa shape index (κ3) is 4.81. The molecule has 0 radical (unpaired) electrons. The predicted molar refractivity (Wildman–Crippen MR) is 103 cm³/mol. The maximum atomic E-state index is 13.0. The van der Waals surface area contributed by atoms with Gasteiger partial charge in [-0.2, -0.15) is 13.1 Å². The van der Waals surface area contributed by atoms with Gasteiger partial charge in [0, 0.05) is 43.5 Å². The molecule has 1 unspecified atom stereocenters. The lowest BCUT2D eigenvalue weighted by molar-refractivity contribution is 0.0670. The van der Waals surface area contributed by atoms with Crippen molar-refractivity contribution in [1.29, 1.82) is 0 Å². The summed E-state index contributed by atoms with van der Waals surface area (Å²) in [7, 11) is -3.68. The summed E-state index contributed by atoms with van der Waals surface area (Å²) in [6, 6.07) is 5.80. The summed E-state index contributed by atoms with van der Waals surface area (Å²) in [4.78, 5) is 16.4. The van der Waals surface area contributed by atoms with Gasteiger partial charge in [0.1, 0.15) is 5.82 Å². The minimum Gasteiger partial charge on any atom is -0.352 e. The number of carbonyl (C=O) groups excluding carboxylic acids is 1. The Kier molecular flexibility index (Phi) is 6.63. The molecule has 1 aromatic heterocycles. The van der Waals surface area contributed by atoms with Gasteiger partial charge in [-0.15, -0.1) is 0 Å². The van der Waals surface area contributed by atoms with Crippen LogP contribution in [0.2, 0.25) is 0 Å². The summed E-state index contributed by atoms with van der Waals surface area (Å²) >= 11 is 0. The summed E-state index contributed by atoms with van der Waals surface area (Å²) in [6.07, 6.45) is 5.22. The molecule has 7 nitrogen and oxygen atoms in total. The van der Waals surface area contributed by atoms with Crippen LogP contribution >= 0.6 is 0 Å². The molecule has 1 atom stereocenters. The van der Waals surface area contributed by atoms with Crippen LogP contribution in [-0.4, -0.2) is 47.3 Å². The number of amides is 1. The summed E-state index contributed by atoms with van der Waals surface area (Å²) < 4.78 is 53.8. The first kappa shape index (κ1) is 21.4. The van der Waals surface area contributed by atoms with Gasteiger partial charge in [0.2, 0.25) is 10.0 Å². The van der Waals surface area contributed by atoms with E-state index < -0.39 is 22.5 Å². The number of carbonyl (C=O) groups is 1. The van der Waals surface area contributed by atoms with Gasteiger partial charge in [-0.05, 0) is 38.0 Å². The van der Waals surface area contributed by atoms with E-state index in [9.17, 15) is 22.0 Å². The van der Waals surface area contributed by atoms with Crippen molar-refractivity contribution in [2.24, 2.45) is 0 Å². The lowest BCUT2D eigenvalue weighted by atomic mass is 10.1. The van der Waals surface area contributed by atoms with Gasteiger partial charge in [0.05, 0.1) is 4.90 Å². The second kappa shape index (κ2) is 9.00. The Labute approximate surface area is 168 Å². The Morgan fingerprint density at radius 2 is 2.14 bits per heavy atom. The van der Waals surface area contributed by atoms with Crippen LogP contribution in [0.25, 0.3) is 0 Å². The number of nitrogens with zero attached hydrogens (tertiary/aromatic N) is 3. The van der Waals surface area contributed by atoms with Crippen LogP contribution in [0.5, 0.6) is 0 Å². The molecule has 0 bridgehead atoms. The summed E-state index contributed by atoms with van der Waals surface area (Å²) in [5.41, 5.74) is 0.202. The number of piperidine rings is 1. The van der Waals surface area contributed by atoms with Crippen molar-refractivity contribution in [2.75, 3.05) is 13.1 Å². The molecule has 2 heterocycles. The maximum Gasteiger partial charge on any atom is 0.319 e. The Hall–Kier alpha value is -2.33. The molecule has 1 amide bonds. The zero-order valence-corrected chi connectivity index (χ0v) is 16.9. The number of rotatable bonds is 7. The molecule has 1 N–H and O–H groups in total. The first-order valence-corrected chi connectivity index (χ1v) is 10.9. The van der Waals surface area contributed by atoms with E-state index in [1.807, 2.05) is 6.92 Å². The molecule has 0 saturated carbocycles. The minimum atomic E-state index is -3.68. The molecule has 10 heteroatoms. The van der Waals surface area contributed by atoms with E-state index in [1.165, 1.54) is 41.0 Å². The lowest BCUT2D eigenvalue weighted by Gasteiger charge is -2.32. The second-order valence-corrected chi connectivity index (χ2v) is 8.91. The van der Waals surface area contributed by atoms with Crippen molar-refractivity contribution in [1.82, 2.24) is 19.2 Å². The number of alkyl halides is 2. The fourth-order valence-electron chi connectivity index (χ4n) is 3.47. The van der Waals surface area contributed by atoms with Crippen LogP contribution in [-0.2, 0) is 16.4 Å². The number of hydrogen-bond donors (Lipinski definition) is 1. The zero-order valence-electron chi connectivity index (χ0n) is 16.1. The molecule has 3 rings (SSSR count). The fourth-order valence-corrected chi connectivity index (χ4v) is 5.21. The monoisotopic (exact) mass is 426 g/mol. The average molecular weight is 426 g/mol. The standard InChI is InChI=1S/C19H24F2N4O3S/c1-14-5-2-3-11-25(14)29(27,28)16-7-4-6-15(13-16)18(26)23-9-8-17-22-10-12-24(17)19(20)21/h4,6-7,10,12-14,19H,2-3,5,8-9,11H2,1H3,(H,23,26). The van der Waals surface area contributed by atoms with E-state index in [1.54, 1.807) is 0 Å². The van der Waals surface area contributed by atoms with Crippen LogP contribution in [0.3, 0.4) is 0 Å². The lowest BCUT2D eigenvalue weighted by Crippen LogP contribution is -2.42. The van der Waals surface area contributed by atoms with Crippen molar-refractivity contribution < 1.29 is 22.0 Å². The van der Waals surface area contributed by atoms with E-state index in [2.05, 4.69) is 10.3 Å². The normalized spacial score (nSPS) is 18.1. The maximum absolute atomic E-state index is 13.0.